The van der Waals surface area contributed by atoms with Crippen molar-refractivity contribution in [2.75, 3.05) is 20.2 Å². The summed E-state index contributed by atoms with van der Waals surface area (Å²) in [5, 5.41) is 10.8. The van der Waals surface area contributed by atoms with Gasteiger partial charge in [-0.1, -0.05) is 19.1 Å². The molecule has 1 N–H and O–H groups in total. The first kappa shape index (κ1) is 22.0. The normalized spacial score (nSPS) is 15.0. The lowest BCUT2D eigenvalue weighted by molar-refractivity contribution is 0.184. The molecule has 1 aromatic heterocycles. The molecule has 2 heterocycles. The van der Waals surface area contributed by atoms with Crippen LogP contribution in [0.1, 0.15) is 25.3 Å². The average Bonchev–Trinajstić information content (AvgIpc) is 2.74. The van der Waals surface area contributed by atoms with E-state index < -0.39 is 0 Å². The summed E-state index contributed by atoms with van der Waals surface area (Å²) in [6, 6.07) is 10.2. The summed E-state index contributed by atoms with van der Waals surface area (Å²) < 4.78 is 16.8. The average molecular weight is 432 g/mol. The van der Waals surface area contributed by atoms with Crippen LogP contribution in [0.25, 0.3) is 11.0 Å². The Balaban J connectivity index is 0.00000256. The third-order valence-corrected chi connectivity index (χ3v) is 5.53. The van der Waals surface area contributed by atoms with E-state index in [0.29, 0.717) is 34.6 Å². The van der Waals surface area contributed by atoms with Gasteiger partial charge in [0.05, 0.1) is 18.1 Å². The summed E-state index contributed by atoms with van der Waals surface area (Å²) in [7, 11) is 1.54. The zero-order valence-electron chi connectivity index (χ0n) is 17.1. The lowest BCUT2D eigenvalue weighted by atomic mass is 9.98. The smallest absolute Gasteiger partial charge is 0.235 e. The lowest BCUT2D eigenvalue weighted by Gasteiger charge is -2.30. The van der Waals surface area contributed by atoms with Crippen molar-refractivity contribution in [3.8, 4) is 23.0 Å². The van der Waals surface area contributed by atoms with Gasteiger partial charge in [0.25, 0.3) is 0 Å². The highest BCUT2D eigenvalue weighted by Gasteiger charge is 2.21. The van der Waals surface area contributed by atoms with E-state index in [-0.39, 0.29) is 29.3 Å². The molecule has 0 radical (unpaired) electrons. The summed E-state index contributed by atoms with van der Waals surface area (Å²) in [6.07, 6.45) is 3.57. The minimum absolute atomic E-state index is 0. The van der Waals surface area contributed by atoms with E-state index >= 15 is 0 Å². The molecular formula is C23H26ClNO5. The molecule has 0 spiro atoms. The monoisotopic (exact) mass is 431 g/mol. The van der Waals surface area contributed by atoms with Crippen molar-refractivity contribution < 1.29 is 19.0 Å². The van der Waals surface area contributed by atoms with Crippen LogP contribution < -0.4 is 14.9 Å². The number of phenols is 1. The Hall–Kier alpha value is -2.70. The molecule has 0 unspecified atom stereocenters. The summed E-state index contributed by atoms with van der Waals surface area (Å²) in [4.78, 5) is 15.3. The molecule has 1 fully saturated rings. The topological polar surface area (TPSA) is 72.1 Å². The van der Waals surface area contributed by atoms with Gasteiger partial charge in [-0.2, -0.15) is 0 Å². The van der Waals surface area contributed by atoms with Gasteiger partial charge in [-0.3, -0.25) is 9.69 Å². The Kier molecular flexibility index (Phi) is 6.90. The number of rotatable bonds is 5. The molecule has 6 nitrogen and oxygen atoms in total. The summed E-state index contributed by atoms with van der Waals surface area (Å²) in [6.45, 7) is 4.74. The predicted molar refractivity (Wildman–Crippen MR) is 118 cm³/mol. The van der Waals surface area contributed by atoms with E-state index in [1.54, 1.807) is 37.4 Å². The largest absolute Gasteiger partial charge is 0.507 e. The van der Waals surface area contributed by atoms with E-state index in [4.69, 9.17) is 13.9 Å². The van der Waals surface area contributed by atoms with Crippen molar-refractivity contribution in [2.45, 2.75) is 26.3 Å². The maximum Gasteiger partial charge on any atom is 0.235 e. The number of halogens is 1. The number of hydrogen-bond donors (Lipinski definition) is 1. The van der Waals surface area contributed by atoms with Crippen LogP contribution in [0.2, 0.25) is 0 Å². The molecule has 0 aliphatic carbocycles. The van der Waals surface area contributed by atoms with Crippen molar-refractivity contribution in [3.05, 3.63) is 58.4 Å². The first-order chi connectivity index (χ1) is 14.1. The first-order valence-corrected chi connectivity index (χ1v) is 9.86. The van der Waals surface area contributed by atoms with E-state index in [2.05, 4.69) is 11.8 Å². The standard InChI is InChI=1S/C23H25NO5.ClH/c1-15-9-11-24(12-10-15)13-17-18(25)8-7-16-22(26)21(14-28-23(16)17)29-20-6-4-3-5-19(20)27-2;/h3-8,14-15,25H,9-13H2,1-2H3;1H. The molecule has 0 bridgehead atoms. The summed E-state index contributed by atoms with van der Waals surface area (Å²) >= 11 is 0. The number of nitrogens with zero attached hydrogens (tertiary/aromatic N) is 1. The third-order valence-electron chi connectivity index (χ3n) is 5.53. The second-order valence-corrected chi connectivity index (χ2v) is 7.58. The molecule has 4 rings (SSSR count). The quantitative estimate of drug-likeness (QED) is 0.616. The first-order valence-electron chi connectivity index (χ1n) is 9.86. The maximum atomic E-state index is 13.0. The van der Waals surface area contributed by atoms with Crippen LogP contribution in [-0.2, 0) is 6.54 Å². The highest BCUT2D eigenvalue weighted by atomic mass is 35.5. The van der Waals surface area contributed by atoms with Gasteiger partial charge in [-0.05, 0) is 56.1 Å². The van der Waals surface area contributed by atoms with Crippen LogP contribution in [-0.4, -0.2) is 30.2 Å². The van der Waals surface area contributed by atoms with Crippen LogP contribution in [0.5, 0.6) is 23.0 Å². The molecule has 30 heavy (non-hydrogen) atoms. The lowest BCUT2D eigenvalue weighted by Crippen LogP contribution is -2.32. The molecule has 7 heteroatoms. The van der Waals surface area contributed by atoms with Gasteiger partial charge >= 0.3 is 0 Å². The third kappa shape index (κ3) is 4.40. The minimum Gasteiger partial charge on any atom is -0.507 e. The van der Waals surface area contributed by atoms with E-state index in [1.165, 1.54) is 6.26 Å². The van der Waals surface area contributed by atoms with Crippen LogP contribution in [0.4, 0.5) is 0 Å². The van der Waals surface area contributed by atoms with Crippen LogP contribution in [0.3, 0.4) is 0 Å². The molecule has 0 amide bonds. The highest BCUT2D eigenvalue weighted by Crippen LogP contribution is 2.33. The number of ether oxygens (including phenoxy) is 2. The number of benzene rings is 2. The molecule has 3 aromatic rings. The Morgan fingerprint density at radius 1 is 1.10 bits per heavy atom. The van der Waals surface area contributed by atoms with Crippen molar-refractivity contribution in [2.24, 2.45) is 5.92 Å². The Morgan fingerprint density at radius 2 is 1.80 bits per heavy atom. The fourth-order valence-corrected chi connectivity index (χ4v) is 3.72. The Bertz CT molecular complexity index is 1070. The molecule has 1 aliphatic rings. The zero-order chi connectivity index (χ0) is 20.4. The van der Waals surface area contributed by atoms with Gasteiger partial charge in [0.2, 0.25) is 11.2 Å². The maximum absolute atomic E-state index is 13.0. The number of methoxy groups -OCH3 is 1. The number of likely N-dealkylation sites (tertiary alicyclic amines) is 1. The van der Waals surface area contributed by atoms with Gasteiger partial charge in [0.1, 0.15) is 17.6 Å². The van der Waals surface area contributed by atoms with Gasteiger partial charge in [-0.15, -0.1) is 12.4 Å². The summed E-state index contributed by atoms with van der Waals surface area (Å²) in [5.41, 5.74) is 0.754. The van der Waals surface area contributed by atoms with E-state index in [0.717, 1.165) is 31.8 Å². The fraction of sp³-hybridized carbons (Fsp3) is 0.348. The van der Waals surface area contributed by atoms with Gasteiger partial charge in [0, 0.05) is 6.54 Å². The number of para-hydroxylation sites is 2. The number of aromatic hydroxyl groups is 1. The van der Waals surface area contributed by atoms with Gasteiger partial charge in [0.15, 0.2) is 11.5 Å². The number of hydrogen-bond acceptors (Lipinski definition) is 6. The SMILES string of the molecule is COc1ccccc1Oc1coc2c(CN3CCC(C)CC3)c(O)ccc2c1=O.Cl. The number of fused-ring (bicyclic) bond motifs is 1. The van der Waals surface area contributed by atoms with Crippen molar-refractivity contribution in [1.82, 2.24) is 4.90 Å². The number of piperidine rings is 1. The van der Waals surface area contributed by atoms with Crippen LogP contribution in [0.15, 0.2) is 51.9 Å². The van der Waals surface area contributed by atoms with Gasteiger partial charge < -0.3 is 19.0 Å². The van der Waals surface area contributed by atoms with E-state index in [1.807, 2.05) is 6.07 Å². The van der Waals surface area contributed by atoms with E-state index in [9.17, 15) is 9.90 Å². The van der Waals surface area contributed by atoms with Crippen molar-refractivity contribution >= 4 is 23.4 Å². The fourth-order valence-electron chi connectivity index (χ4n) is 3.72. The van der Waals surface area contributed by atoms with Gasteiger partial charge in [-0.25, -0.2) is 0 Å². The molecule has 0 atom stereocenters. The molecular weight excluding hydrogens is 406 g/mol. The minimum atomic E-state index is -0.286. The predicted octanol–water partition coefficient (Wildman–Crippen LogP) is 4.95. The van der Waals surface area contributed by atoms with Crippen molar-refractivity contribution in [1.29, 1.82) is 0 Å². The molecule has 2 aromatic carbocycles. The molecule has 1 aliphatic heterocycles. The van der Waals surface area contributed by atoms with Crippen LogP contribution in [0, 0.1) is 5.92 Å². The Labute approximate surface area is 181 Å². The molecule has 160 valence electrons. The second-order valence-electron chi connectivity index (χ2n) is 7.58. The zero-order valence-corrected chi connectivity index (χ0v) is 17.9. The van der Waals surface area contributed by atoms with Crippen molar-refractivity contribution in [3.63, 3.8) is 0 Å². The summed E-state index contributed by atoms with van der Waals surface area (Å²) in [5.74, 6) is 1.89. The molecule has 1 saturated heterocycles. The number of phenolic OH excluding ortho intramolecular Hbond substituents is 1. The van der Waals surface area contributed by atoms with Crippen LogP contribution >= 0.6 is 12.4 Å². The second kappa shape index (κ2) is 9.41. The highest BCUT2D eigenvalue weighted by molar-refractivity contribution is 5.85. The molecule has 0 saturated carbocycles. The Morgan fingerprint density at radius 3 is 2.50 bits per heavy atom.